The van der Waals surface area contributed by atoms with Crippen molar-refractivity contribution in [2.75, 3.05) is 21.3 Å². The van der Waals surface area contributed by atoms with E-state index in [1.807, 2.05) is 19.3 Å². The lowest BCUT2D eigenvalue weighted by Gasteiger charge is -2.17. The van der Waals surface area contributed by atoms with Crippen LogP contribution in [0.5, 0.6) is 17.2 Å². The van der Waals surface area contributed by atoms with Gasteiger partial charge in [-0.2, -0.15) is 0 Å². The van der Waals surface area contributed by atoms with Gasteiger partial charge in [0.25, 0.3) is 0 Å². The van der Waals surface area contributed by atoms with Crippen molar-refractivity contribution in [3.05, 3.63) is 28.5 Å². The lowest BCUT2D eigenvalue weighted by Crippen LogP contribution is -2.01. The van der Waals surface area contributed by atoms with Crippen LogP contribution < -0.4 is 14.2 Å². The molecule has 2 aromatic rings. The van der Waals surface area contributed by atoms with Gasteiger partial charge in [-0.05, 0) is 18.9 Å². The number of aryl methyl sites for hydroxylation is 3. The normalized spacial score (nSPS) is 10.5. The summed E-state index contributed by atoms with van der Waals surface area (Å²) in [5, 5.41) is 8.47. The maximum atomic E-state index is 6.24. The van der Waals surface area contributed by atoms with Gasteiger partial charge in [-0.15, -0.1) is 5.10 Å². The lowest BCUT2D eigenvalue weighted by molar-refractivity contribution is 0.322. The highest BCUT2D eigenvalue weighted by molar-refractivity contribution is 6.32. The van der Waals surface area contributed by atoms with Gasteiger partial charge in [0.1, 0.15) is 0 Å². The van der Waals surface area contributed by atoms with Crippen molar-refractivity contribution in [1.29, 1.82) is 0 Å². The molecule has 0 aliphatic rings. The Balaban J connectivity index is 2.32. The number of benzene rings is 1. The van der Waals surface area contributed by atoms with Crippen molar-refractivity contribution in [2.24, 2.45) is 7.05 Å². The number of ether oxygens (including phenoxy) is 3. The molecule has 0 aliphatic carbocycles. The second kappa shape index (κ2) is 6.67. The molecule has 0 N–H and O–H groups in total. The summed E-state index contributed by atoms with van der Waals surface area (Å²) in [6.45, 7) is 0. The highest BCUT2D eigenvalue weighted by Crippen LogP contribution is 2.45. The molecule has 1 aromatic carbocycles. The van der Waals surface area contributed by atoms with Crippen LogP contribution in [0.4, 0.5) is 0 Å². The Kier molecular flexibility index (Phi) is 4.90. The molecule has 114 valence electrons. The van der Waals surface area contributed by atoms with Crippen LogP contribution in [0.15, 0.2) is 12.3 Å². The average molecular weight is 312 g/mol. The topological polar surface area (TPSA) is 58.4 Å². The van der Waals surface area contributed by atoms with Crippen LogP contribution >= 0.6 is 11.6 Å². The molecule has 0 saturated carbocycles. The lowest BCUT2D eigenvalue weighted by atomic mass is 10.1. The maximum absolute atomic E-state index is 6.24. The zero-order valence-electron chi connectivity index (χ0n) is 12.5. The van der Waals surface area contributed by atoms with E-state index in [-0.39, 0.29) is 0 Å². The van der Waals surface area contributed by atoms with Crippen LogP contribution in [-0.2, 0) is 19.9 Å². The first-order valence-electron chi connectivity index (χ1n) is 6.43. The molecule has 6 nitrogen and oxygen atoms in total. The Morgan fingerprint density at radius 1 is 1.05 bits per heavy atom. The summed E-state index contributed by atoms with van der Waals surface area (Å²) < 4.78 is 17.8. The average Bonchev–Trinajstić information content (AvgIpc) is 2.89. The smallest absolute Gasteiger partial charge is 0.205 e. The molecular weight excluding hydrogens is 294 g/mol. The Bertz CT molecular complexity index is 628. The minimum absolute atomic E-state index is 0.472. The van der Waals surface area contributed by atoms with Crippen LogP contribution in [0.1, 0.15) is 11.3 Å². The molecule has 0 aliphatic heterocycles. The Morgan fingerprint density at radius 3 is 2.24 bits per heavy atom. The largest absolute Gasteiger partial charge is 0.492 e. The summed E-state index contributed by atoms with van der Waals surface area (Å²) in [6, 6.07) is 1.83. The molecule has 7 heteroatoms. The SMILES string of the molecule is COc1c(Cl)cc(CCc2cn(C)nn2)c(OC)c1OC. The number of methoxy groups -OCH3 is 3. The molecule has 0 amide bonds. The van der Waals surface area contributed by atoms with Gasteiger partial charge in [0.05, 0.1) is 32.0 Å². The first-order chi connectivity index (χ1) is 10.1. The third-order valence-electron chi connectivity index (χ3n) is 3.13. The fraction of sp³-hybridized carbons (Fsp3) is 0.429. The van der Waals surface area contributed by atoms with Crippen LogP contribution in [0.3, 0.4) is 0 Å². The zero-order chi connectivity index (χ0) is 15.4. The molecule has 0 radical (unpaired) electrons. The molecule has 1 heterocycles. The van der Waals surface area contributed by atoms with Gasteiger partial charge in [0.2, 0.25) is 5.75 Å². The Hall–Kier alpha value is -1.95. The highest BCUT2D eigenvalue weighted by Gasteiger charge is 2.19. The fourth-order valence-electron chi connectivity index (χ4n) is 2.20. The highest BCUT2D eigenvalue weighted by atomic mass is 35.5. The van der Waals surface area contributed by atoms with E-state index in [2.05, 4.69) is 10.3 Å². The van der Waals surface area contributed by atoms with Crippen molar-refractivity contribution in [2.45, 2.75) is 12.8 Å². The van der Waals surface area contributed by atoms with E-state index in [0.29, 0.717) is 28.7 Å². The molecule has 0 unspecified atom stereocenters. The molecule has 0 fully saturated rings. The van der Waals surface area contributed by atoms with Crippen molar-refractivity contribution in [1.82, 2.24) is 15.0 Å². The quantitative estimate of drug-likeness (QED) is 0.819. The molecule has 0 atom stereocenters. The van der Waals surface area contributed by atoms with Gasteiger partial charge in [0.15, 0.2) is 11.5 Å². The number of hydrogen-bond acceptors (Lipinski definition) is 5. The third kappa shape index (κ3) is 3.21. The van der Waals surface area contributed by atoms with E-state index in [1.54, 1.807) is 26.0 Å². The van der Waals surface area contributed by atoms with Gasteiger partial charge in [-0.1, -0.05) is 16.8 Å². The second-order valence-electron chi connectivity index (χ2n) is 4.50. The van der Waals surface area contributed by atoms with Crippen LogP contribution in [0, 0.1) is 0 Å². The van der Waals surface area contributed by atoms with E-state index in [9.17, 15) is 0 Å². The van der Waals surface area contributed by atoms with Gasteiger partial charge < -0.3 is 14.2 Å². The summed E-state index contributed by atoms with van der Waals surface area (Å²) in [6.07, 6.45) is 3.33. The van der Waals surface area contributed by atoms with Gasteiger partial charge in [-0.25, -0.2) is 0 Å². The monoisotopic (exact) mass is 311 g/mol. The Labute approximate surface area is 128 Å². The van der Waals surface area contributed by atoms with E-state index < -0.39 is 0 Å². The summed E-state index contributed by atoms with van der Waals surface area (Å²) in [7, 11) is 6.53. The summed E-state index contributed by atoms with van der Waals surface area (Å²) in [4.78, 5) is 0. The molecule has 0 saturated heterocycles. The van der Waals surface area contributed by atoms with E-state index >= 15 is 0 Å². The predicted octanol–water partition coefficient (Wildman–Crippen LogP) is 2.28. The predicted molar refractivity (Wildman–Crippen MR) is 79.5 cm³/mol. The number of rotatable bonds is 6. The van der Waals surface area contributed by atoms with Crippen molar-refractivity contribution >= 4 is 11.6 Å². The third-order valence-corrected chi connectivity index (χ3v) is 3.42. The first-order valence-corrected chi connectivity index (χ1v) is 6.81. The molecule has 0 spiro atoms. The van der Waals surface area contributed by atoms with Crippen LogP contribution in [-0.4, -0.2) is 36.3 Å². The molecule has 21 heavy (non-hydrogen) atoms. The standard InChI is InChI=1S/C14H18ClN3O3/c1-18-8-10(16-17-18)6-5-9-7-11(15)13(20-3)14(21-4)12(9)19-2/h7-8H,5-6H2,1-4H3. The van der Waals surface area contributed by atoms with Crippen LogP contribution in [0.25, 0.3) is 0 Å². The molecule has 0 bridgehead atoms. The second-order valence-corrected chi connectivity index (χ2v) is 4.91. The number of halogens is 1. The van der Waals surface area contributed by atoms with Gasteiger partial charge in [-0.3, -0.25) is 4.68 Å². The summed E-state index contributed by atoms with van der Waals surface area (Å²) in [5.74, 6) is 1.60. The van der Waals surface area contributed by atoms with Crippen molar-refractivity contribution < 1.29 is 14.2 Å². The number of hydrogen-bond donors (Lipinski definition) is 0. The molecule has 1 aromatic heterocycles. The van der Waals surface area contributed by atoms with Gasteiger partial charge >= 0.3 is 0 Å². The van der Waals surface area contributed by atoms with Gasteiger partial charge in [0, 0.05) is 18.8 Å². The zero-order valence-corrected chi connectivity index (χ0v) is 13.3. The summed E-state index contributed by atoms with van der Waals surface area (Å²) in [5.41, 5.74) is 1.84. The van der Waals surface area contributed by atoms with Crippen molar-refractivity contribution in [3.8, 4) is 17.2 Å². The Morgan fingerprint density at radius 2 is 1.71 bits per heavy atom. The van der Waals surface area contributed by atoms with E-state index in [1.165, 1.54) is 0 Å². The van der Waals surface area contributed by atoms with Crippen molar-refractivity contribution in [3.63, 3.8) is 0 Å². The minimum atomic E-state index is 0.472. The van der Waals surface area contributed by atoms with E-state index in [4.69, 9.17) is 25.8 Å². The van der Waals surface area contributed by atoms with Crippen LogP contribution in [0.2, 0.25) is 5.02 Å². The summed E-state index contributed by atoms with van der Waals surface area (Å²) >= 11 is 6.24. The minimum Gasteiger partial charge on any atom is -0.492 e. The fourth-order valence-corrected chi connectivity index (χ4v) is 2.49. The number of nitrogens with zero attached hydrogens (tertiary/aromatic N) is 3. The maximum Gasteiger partial charge on any atom is 0.205 e. The first kappa shape index (κ1) is 15.4. The molecular formula is C14H18ClN3O3. The number of aromatic nitrogens is 3. The van der Waals surface area contributed by atoms with E-state index in [0.717, 1.165) is 17.7 Å². The molecule has 2 rings (SSSR count).